The number of carbonyl (C=O) groups is 1. The highest BCUT2D eigenvalue weighted by Crippen LogP contribution is 2.23. The highest BCUT2D eigenvalue weighted by molar-refractivity contribution is 9.10. The molecule has 17 heavy (non-hydrogen) atoms. The van der Waals surface area contributed by atoms with Crippen molar-refractivity contribution in [3.8, 4) is 0 Å². The standard InChI is InChI=1S/C14H13BrOS/c1-3-12-4-5-13(17-12)14(16)10-6-9(2)7-11(15)8-10/h4-8H,3H2,1-2H3. The minimum atomic E-state index is 0.110. The molecule has 0 aliphatic carbocycles. The maximum atomic E-state index is 12.3. The maximum Gasteiger partial charge on any atom is 0.202 e. The zero-order chi connectivity index (χ0) is 12.4. The van der Waals surface area contributed by atoms with Gasteiger partial charge in [0.1, 0.15) is 0 Å². The first kappa shape index (κ1) is 12.5. The monoisotopic (exact) mass is 308 g/mol. The van der Waals surface area contributed by atoms with E-state index in [0.29, 0.717) is 0 Å². The first-order valence-electron chi connectivity index (χ1n) is 5.50. The highest BCUT2D eigenvalue weighted by Gasteiger charge is 2.12. The van der Waals surface area contributed by atoms with E-state index in [1.807, 2.05) is 37.3 Å². The van der Waals surface area contributed by atoms with Gasteiger partial charge in [-0.05, 0) is 49.2 Å². The molecule has 88 valence electrons. The number of carbonyl (C=O) groups excluding carboxylic acids is 1. The van der Waals surface area contributed by atoms with E-state index in [2.05, 4.69) is 22.9 Å². The SMILES string of the molecule is CCc1ccc(C(=O)c2cc(C)cc(Br)c2)s1. The number of benzene rings is 1. The zero-order valence-corrected chi connectivity index (χ0v) is 12.2. The summed E-state index contributed by atoms with van der Waals surface area (Å²) >= 11 is 5.01. The lowest BCUT2D eigenvalue weighted by Crippen LogP contribution is -1.98. The molecule has 3 heteroatoms. The minimum absolute atomic E-state index is 0.110. The lowest BCUT2D eigenvalue weighted by molar-refractivity contribution is 0.104. The van der Waals surface area contributed by atoms with Crippen molar-refractivity contribution in [1.29, 1.82) is 0 Å². The van der Waals surface area contributed by atoms with Crippen LogP contribution in [0.1, 0.15) is 32.6 Å². The van der Waals surface area contributed by atoms with Gasteiger partial charge in [-0.3, -0.25) is 4.79 Å². The third-order valence-electron chi connectivity index (χ3n) is 2.54. The topological polar surface area (TPSA) is 17.1 Å². The summed E-state index contributed by atoms with van der Waals surface area (Å²) in [6, 6.07) is 9.76. The quantitative estimate of drug-likeness (QED) is 0.757. The highest BCUT2D eigenvalue weighted by atomic mass is 79.9. The van der Waals surface area contributed by atoms with Crippen LogP contribution in [0.25, 0.3) is 0 Å². The van der Waals surface area contributed by atoms with Crippen LogP contribution >= 0.6 is 27.3 Å². The van der Waals surface area contributed by atoms with Crippen LogP contribution in [-0.4, -0.2) is 5.78 Å². The fourth-order valence-electron chi connectivity index (χ4n) is 1.70. The van der Waals surface area contributed by atoms with Crippen LogP contribution in [0.15, 0.2) is 34.8 Å². The van der Waals surface area contributed by atoms with Crippen LogP contribution < -0.4 is 0 Å². The molecule has 0 amide bonds. The van der Waals surface area contributed by atoms with Crippen molar-refractivity contribution in [2.24, 2.45) is 0 Å². The Morgan fingerprint density at radius 1 is 1.29 bits per heavy atom. The molecule has 1 heterocycles. The van der Waals surface area contributed by atoms with Gasteiger partial charge < -0.3 is 0 Å². The number of halogens is 1. The molecule has 0 aliphatic rings. The summed E-state index contributed by atoms with van der Waals surface area (Å²) in [5.74, 6) is 0.110. The van der Waals surface area contributed by atoms with E-state index >= 15 is 0 Å². The Kier molecular flexibility index (Phi) is 3.79. The molecular weight excluding hydrogens is 296 g/mol. The molecule has 0 atom stereocenters. The molecule has 0 spiro atoms. The molecule has 1 nitrogen and oxygen atoms in total. The summed E-state index contributed by atoms with van der Waals surface area (Å²) in [7, 11) is 0. The average Bonchev–Trinajstić information content (AvgIpc) is 2.75. The minimum Gasteiger partial charge on any atom is -0.288 e. The number of ketones is 1. The van der Waals surface area contributed by atoms with Crippen LogP contribution in [0.5, 0.6) is 0 Å². The van der Waals surface area contributed by atoms with Gasteiger partial charge in [-0.25, -0.2) is 0 Å². The van der Waals surface area contributed by atoms with E-state index in [4.69, 9.17) is 0 Å². The van der Waals surface area contributed by atoms with Gasteiger partial charge in [-0.15, -0.1) is 11.3 Å². The van der Waals surface area contributed by atoms with E-state index in [0.717, 1.165) is 26.9 Å². The lowest BCUT2D eigenvalue weighted by atomic mass is 10.1. The second-order valence-electron chi connectivity index (χ2n) is 3.97. The summed E-state index contributed by atoms with van der Waals surface area (Å²) < 4.78 is 0.952. The van der Waals surface area contributed by atoms with E-state index in [-0.39, 0.29) is 5.78 Å². The van der Waals surface area contributed by atoms with Crippen molar-refractivity contribution >= 4 is 33.0 Å². The van der Waals surface area contributed by atoms with Gasteiger partial charge in [0.05, 0.1) is 4.88 Å². The second kappa shape index (κ2) is 5.15. The molecule has 0 unspecified atom stereocenters. The van der Waals surface area contributed by atoms with Crippen LogP contribution in [0.3, 0.4) is 0 Å². The first-order chi connectivity index (χ1) is 8.10. The fraction of sp³-hybridized carbons (Fsp3) is 0.214. The largest absolute Gasteiger partial charge is 0.288 e. The van der Waals surface area contributed by atoms with Crippen molar-refractivity contribution in [1.82, 2.24) is 0 Å². The predicted octanol–water partition coefficient (Wildman–Crippen LogP) is 4.61. The Labute approximate surface area is 114 Å². The molecule has 2 aromatic rings. The molecule has 2 rings (SSSR count). The Balaban J connectivity index is 2.36. The van der Waals surface area contributed by atoms with Crippen LogP contribution in [0, 0.1) is 6.92 Å². The summed E-state index contributed by atoms with van der Waals surface area (Å²) in [5.41, 5.74) is 1.84. The van der Waals surface area contributed by atoms with Crippen molar-refractivity contribution in [2.45, 2.75) is 20.3 Å². The summed E-state index contributed by atoms with van der Waals surface area (Å²) in [4.78, 5) is 14.3. The molecule has 0 saturated carbocycles. The van der Waals surface area contributed by atoms with Crippen molar-refractivity contribution in [3.63, 3.8) is 0 Å². The Morgan fingerprint density at radius 2 is 2.06 bits per heavy atom. The number of hydrogen-bond acceptors (Lipinski definition) is 2. The number of aryl methyl sites for hydroxylation is 2. The number of hydrogen-bond donors (Lipinski definition) is 0. The Morgan fingerprint density at radius 3 is 2.65 bits per heavy atom. The first-order valence-corrected chi connectivity index (χ1v) is 7.11. The van der Waals surface area contributed by atoms with E-state index in [1.165, 1.54) is 4.88 Å². The molecule has 0 radical (unpaired) electrons. The van der Waals surface area contributed by atoms with Gasteiger partial charge in [0.25, 0.3) is 0 Å². The molecule has 0 N–H and O–H groups in total. The molecule has 0 saturated heterocycles. The van der Waals surface area contributed by atoms with Gasteiger partial charge in [0, 0.05) is 14.9 Å². The van der Waals surface area contributed by atoms with Gasteiger partial charge in [0.2, 0.25) is 5.78 Å². The van der Waals surface area contributed by atoms with Crippen LogP contribution in [0.2, 0.25) is 0 Å². The van der Waals surface area contributed by atoms with Gasteiger partial charge in [0.15, 0.2) is 0 Å². The lowest BCUT2D eigenvalue weighted by Gasteiger charge is -2.01. The van der Waals surface area contributed by atoms with Crippen LogP contribution in [-0.2, 0) is 6.42 Å². The maximum absolute atomic E-state index is 12.3. The van der Waals surface area contributed by atoms with Gasteiger partial charge >= 0.3 is 0 Å². The third kappa shape index (κ3) is 2.85. The normalized spacial score (nSPS) is 10.5. The smallest absolute Gasteiger partial charge is 0.202 e. The third-order valence-corrected chi connectivity index (χ3v) is 4.22. The number of rotatable bonds is 3. The molecule has 1 aromatic heterocycles. The van der Waals surface area contributed by atoms with E-state index in [9.17, 15) is 4.79 Å². The van der Waals surface area contributed by atoms with E-state index < -0.39 is 0 Å². The van der Waals surface area contributed by atoms with Crippen molar-refractivity contribution < 1.29 is 4.79 Å². The summed E-state index contributed by atoms with van der Waals surface area (Å²) in [6.07, 6.45) is 0.982. The van der Waals surface area contributed by atoms with Crippen molar-refractivity contribution in [2.75, 3.05) is 0 Å². The predicted molar refractivity (Wildman–Crippen MR) is 76.0 cm³/mol. The fourth-order valence-corrected chi connectivity index (χ4v) is 3.22. The van der Waals surface area contributed by atoms with Crippen LogP contribution in [0.4, 0.5) is 0 Å². The summed E-state index contributed by atoms with van der Waals surface area (Å²) in [5, 5.41) is 0. The molecule has 0 aliphatic heterocycles. The second-order valence-corrected chi connectivity index (χ2v) is 6.05. The summed E-state index contributed by atoms with van der Waals surface area (Å²) in [6.45, 7) is 4.09. The molecule has 0 bridgehead atoms. The number of thiophene rings is 1. The van der Waals surface area contributed by atoms with Gasteiger partial charge in [-0.1, -0.05) is 22.9 Å². The van der Waals surface area contributed by atoms with Crippen molar-refractivity contribution in [3.05, 3.63) is 55.7 Å². The Bertz CT molecular complexity index is 537. The Hall–Kier alpha value is -0.930. The molecular formula is C14H13BrOS. The average molecular weight is 309 g/mol. The zero-order valence-electron chi connectivity index (χ0n) is 9.79. The molecule has 0 fully saturated rings. The van der Waals surface area contributed by atoms with E-state index in [1.54, 1.807) is 11.3 Å². The van der Waals surface area contributed by atoms with Gasteiger partial charge in [-0.2, -0.15) is 0 Å². The molecule has 1 aromatic carbocycles.